The van der Waals surface area contributed by atoms with Gasteiger partial charge in [-0.1, -0.05) is 44.2 Å². The minimum absolute atomic E-state index is 0.270. The zero-order valence-electron chi connectivity index (χ0n) is 12.4. The van der Waals surface area contributed by atoms with Crippen LogP contribution in [0.3, 0.4) is 0 Å². The number of hydrogen-bond donors (Lipinski definition) is 1. The molecule has 5 heteroatoms. The van der Waals surface area contributed by atoms with E-state index in [0.717, 1.165) is 25.7 Å². The second-order valence-corrected chi connectivity index (χ2v) is 6.07. The van der Waals surface area contributed by atoms with Gasteiger partial charge in [0.2, 0.25) is 0 Å². The number of para-hydroxylation sites is 1. The molecule has 1 heterocycles. The van der Waals surface area contributed by atoms with Crippen molar-refractivity contribution in [2.45, 2.75) is 44.6 Å². The molecule has 1 saturated carbocycles. The topological polar surface area (TPSA) is 72.2 Å². The molecule has 0 spiro atoms. The van der Waals surface area contributed by atoms with Gasteiger partial charge in [0.25, 0.3) is 5.56 Å². The Morgan fingerprint density at radius 3 is 2.73 bits per heavy atom. The van der Waals surface area contributed by atoms with Crippen LogP contribution in [0.2, 0.25) is 0 Å². The highest BCUT2D eigenvalue weighted by Crippen LogP contribution is 2.30. The molecule has 2 aromatic rings. The van der Waals surface area contributed by atoms with Gasteiger partial charge in [-0.05, 0) is 24.5 Å². The predicted molar refractivity (Wildman–Crippen MR) is 83.9 cm³/mol. The number of nitrogens with zero attached hydrogens (tertiary/aromatic N) is 2. The van der Waals surface area contributed by atoms with Crippen molar-refractivity contribution < 1.29 is 9.90 Å². The molecule has 116 valence electrons. The number of hydrogen-bond acceptors (Lipinski definition) is 3. The Morgan fingerprint density at radius 2 is 2.00 bits per heavy atom. The number of carboxylic acids is 1. The lowest BCUT2D eigenvalue weighted by Crippen LogP contribution is -2.32. The van der Waals surface area contributed by atoms with Crippen molar-refractivity contribution in [1.29, 1.82) is 0 Å². The summed E-state index contributed by atoms with van der Waals surface area (Å²) in [5, 5.41) is 10.0. The molecule has 1 aliphatic carbocycles. The van der Waals surface area contributed by atoms with E-state index in [9.17, 15) is 14.7 Å². The van der Waals surface area contributed by atoms with E-state index in [1.54, 1.807) is 18.2 Å². The molecule has 0 bridgehead atoms. The molecular formula is C17H20N2O3. The largest absolute Gasteiger partial charge is 0.480 e. The van der Waals surface area contributed by atoms with Crippen LogP contribution in [-0.4, -0.2) is 20.6 Å². The summed E-state index contributed by atoms with van der Waals surface area (Å²) in [6.45, 7) is 0. The highest BCUT2D eigenvalue weighted by atomic mass is 16.4. The van der Waals surface area contributed by atoms with Crippen LogP contribution < -0.4 is 5.56 Å². The molecule has 0 aliphatic heterocycles. The van der Waals surface area contributed by atoms with Crippen molar-refractivity contribution in [1.82, 2.24) is 9.55 Å². The first-order valence-electron chi connectivity index (χ1n) is 7.85. The van der Waals surface area contributed by atoms with E-state index in [0.29, 0.717) is 23.2 Å². The first kappa shape index (κ1) is 14.8. The third-order valence-corrected chi connectivity index (χ3v) is 4.59. The first-order valence-corrected chi connectivity index (χ1v) is 7.85. The lowest BCUT2D eigenvalue weighted by molar-refractivity contribution is -0.141. The van der Waals surface area contributed by atoms with Crippen LogP contribution in [0.1, 0.15) is 44.6 Å². The van der Waals surface area contributed by atoms with Gasteiger partial charge in [-0.25, -0.2) is 9.78 Å². The highest BCUT2D eigenvalue weighted by molar-refractivity contribution is 5.78. The van der Waals surface area contributed by atoms with Crippen molar-refractivity contribution in [3.8, 4) is 0 Å². The van der Waals surface area contributed by atoms with Gasteiger partial charge in [-0.2, -0.15) is 0 Å². The molecule has 1 atom stereocenters. The number of rotatable bonds is 4. The Labute approximate surface area is 128 Å². The minimum atomic E-state index is -0.954. The van der Waals surface area contributed by atoms with Crippen molar-refractivity contribution in [3.63, 3.8) is 0 Å². The SMILES string of the molecule is O=C(O)[C@H](CC1CCCCC1)n1cnc2ccccc2c1=O. The van der Waals surface area contributed by atoms with E-state index in [1.807, 2.05) is 6.07 Å². The van der Waals surface area contributed by atoms with Crippen molar-refractivity contribution >= 4 is 16.9 Å². The van der Waals surface area contributed by atoms with E-state index in [1.165, 1.54) is 17.3 Å². The lowest BCUT2D eigenvalue weighted by Gasteiger charge is -2.25. The third-order valence-electron chi connectivity index (χ3n) is 4.59. The molecule has 1 aromatic heterocycles. The summed E-state index contributed by atoms with van der Waals surface area (Å²) in [4.78, 5) is 28.5. The molecular weight excluding hydrogens is 280 g/mol. The molecule has 1 aliphatic rings. The maximum Gasteiger partial charge on any atom is 0.326 e. The Balaban J connectivity index is 1.96. The van der Waals surface area contributed by atoms with E-state index < -0.39 is 12.0 Å². The summed E-state index contributed by atoms with van der Waals surface area (Å²) < 4.78 is 1.29. The minimum Gasteiger partial charge on any atom is -0.480 e. The molecule has 0 amide bonds. The van der Waals surface area contributed by atoms with Gasteiger partial charge in [0.1, 0.15) is 6.04 Å². The van der Waals surface area contributed by atoms with Crippen molar-refractivity contribution in [2.24, 2.45) is 5.92 Å². The van der Waals surface area contributed by atoms with Crippen LogP contribution in [0.15, 0.2) is 35.4 Å². The maximum atomic E-state index is 12.6. The molecule has 0 unspecified atom stereocenters. The Hall–Kier alpha value is -2.17. The predicted octanol–water partition coefficient (Wildman–Crippen LogP) is 2.99. The van der Waals surface area contributed by atoms with Gasteiger partial charge < -0.3 is 5.11 Å². The Kier molecular flexibility index (Phi) is 4.22. The second kappa shape index (κ2) is 6.30. The van der Waals surface area contributed by atoms with Crippen LogP contribution >= 0.6 is 0 Å². The van der Waals surface area contributed by atoms with Crippen LogP contribution in [0.4, 0.5) is 0 Å². The molecule has 1 aromatic carbocycles. The monoisotopic (exact) mass is 300 g/mol. The molecule has 22 heavy (non-hydrogen) atoms. The van der Waals surface area contributed by atoms with Crippen LogP contribution in [0, 0.1) is 5.92 Å². The third kappa shape index (κ3) is 2.89. The summed E-state index contributed by atoms with van der Waals surface area (Å²) in [7, 11) is 0. The molecule has 3 rings (SSSR count). The zero-order valence-corrected chi connectivity index (χ0v) is 12.4. The Morgan fingerprint density at radius 1 is 1.27 bits per heavy atom. The summed E-state index contributed by atoms with van der Waals surface area (Å²) in [5.74, 6) is -0.571. The number of aliphatic carboxylic acids is 1. The summed E-state index contributed by atoms with van der Waals surface area (Å²) in [5.41, 5.74) is 0.333. The van der Waals surface area contributed by atoms with Crippen LogP contribution in [-0.2, 0) is 4.79 Å². The second-order valence-electron chi connectivity index (χ2n) is 6.07. The number of benzene rings is 1. The zero-order chi connectivity index (χ0) is 15.5. The van der Waals surface area contributed by atoms with E-state index >= 15 is 0 Å². The van der Waals surface area contributed by atoms with Gasteiger partial charge in [-0.15, -0.1) is 0 Å². The van der Waals surface area contributed by atoms with Crippen molar-refractivity contribution in [3.05, 3.63) is 40.9 Å². The van der Waals surface area contributed by atoms with E-state index in [2.05, 4.69) is 4.98 Å². The van der Waals surface area contributed by atoms with E-state index in [-0.39, 0.29) is 5.56 Å². The van der Waals surface area contributed by atoms with Crippen LogP contribution in [0.5, 0.6) is 0 Å². The van der Waals surface area contributed by atoms with Gasteiger partial charge in [0.15, 0.2) is 0 Å². The smallest absolute Gasteiger partial charge is 0.326 e. The first-order chi connectivity index (χ1) is 10.7. The summed E-state index contributed by atoms with van der Waals surface area (Å²) >= 11 is 0. The van der Waals surface area contributed by atoms with Crippen molar-refractivity contribution in [2.75, 3.05) is 0 Å². The fourth-order valence-electron chi connectivity index (χ4n) is 3.38. The fraction of sp³-hybridized carbons (Fsp3) is 0.471. The quantitative estimate of drug-likeness (QED) is 0.942. The number of carbonyl (C=O) groups is 1. The summed E-state index contributed by atoms with van der Waals surface area (Å²) in [6.07, 6.45) is 7.54. The molecule has 0 saturated heterocycles. The normalized spacial score (nSPS) is 17.5. The summed E-state index contributed by atoms with van der Waals surface area (Å²) in [6, 6.07) is 6.22. The molecule has 0 radical (unpaired) electrons. The molecule has 5 nitrogen and oxygen atoms in total. The average molecular weight is 300 g/mol. The van der Waals surface area contributed by atoms with Gasteiger partial charge in [-0.3, -0.25) is 9.36 Å². The van der Waals surface area contributed by atoms with Gasteiger partial charge in [0, 0.05) is 0 Å². The van der Waals surface area contributed by atoms with Crippen LogP contribution in [0.25, 0.3) is 10.9 Å². The highest BCUT2D eigenvalue weighted by Gasteiger charge is 2.26. The molecule has 1 fully saturated rings. The standard InChI is InChI=1S/C17H20N2O3/c20-16-13-8-4-5-9-14(13)18-11-19(16)15(17(21)22)10-12-6-2-1-3-7-12/h4-5,8-9,11-12,15H,1-3,6-7,10H2,(H,21,22)/t15-/m0/s1. The number of carboxylic acid groups (broad SMARTS) is 1. The van der Waals surface area contributed by atoms with E-state index in [4.69, 9.17) is 0 Å². The van der Waals surface area contributed by atoms with Gasteiger partial charge >= 0.3 is 5.97 Å². The fourth-order valence-corrected chi connectivity index (χ4v) is 3.38. The Bertz CT molecular complexity index is 732. The number of aromatic nitrogens is 2. The average Bonchev–Trinajstić information content (AvgIpc) is 2.54. The lowest BCUT2D eigenvalue weighted by atomic mass is 9.85. The van der Waals surface area contributed by atoms with Gasteiger partial charge in [0.05, 0.1) is 17.2 Å². The maximum absolute atomic E-state index is 12.6. The number of fused-ring (bicyclic) bond motifs is 1. The molecule has 1 N–H and O–H groups in total.